The molecule has 1 aromatic heterocycles. The van der Waals surface area contributed by atoms with Crippen molar-refractivity contribution in [1.82, 2.24) is 20.2 Å². The van der Waals surface area contributed by atoms with Gasteiger partial charge in [-0.1, -0.05) is 53.6 Å². The van der Waals surface area contributed by atoms with Crippen LogP contribution in [-0.2, 0) is 0 Å². The molecule has 0 saturated carbocycles. The maximum atomic E-state index is 5.21. The lowest BCUT2D eigenvalue weighted by molar-refractivity contribution is 0.415. The molecule has 7 nitrogen and oxygen atoms in total. The quantitative estimate of drug-likeness (QED) is 0.444. The second kappa shape index (κ2) is 7.02. The minimum Gasteiger partial charge on any atom is -0.497 e. The Morgan fingerprint density at radius 3 is 2.81 bits per heavy atom. The summed E-state index contributed by atoms with van der Waals surface area (Å²) in [4.78, 5) is 0. The van der Waals surface area contributed by atoms with E-state index in [1.807, 2.05) is 54.6 Å². The van der Waals surface area contributed by atoms with E-state index >= 15 is 0 Å². The number of tetrazole rings is 1. The molecule has 0 aliphatic rings. The molecule has 0 amide bonds. The molecule has 0 saturated heterocycles. The van der Waals surface area contributed by atoms with Crippen LogP contribution in [0.3, 0.4) is 0 Å². The minimum absolute atomic E-state index is 0.431. The van der Waals surface area contributed by atoms with Crippen LogP contribution in [0.5, 0.6) is 5.75 Å². The molecular formula is C19H16N6O. The fraction of sp³-hybridized carbons (Fsp3) is 0.0526. The molecule has 0 radical (unpaired) electrons. The van der Waals surface area contributed by atoms with E-state index < -0.39 is 0 Å². The van der Waals surface area contributed by atoms with Gasteiger partial charge >= 0.3 is 0 Å². The Morgan fingerprint density at radius 2 is 1.88 bits per heavy atom. The van der Waals surface area contributed by atoms with E-state index in [-0.39, 0.29) is 0 Å². The average molecular weight is 344 g/mol. The maximum Gasteiger partial charge on any atom is 0.268 e. The molecule has 0 spiro atoms. The van der Waals surface area contributed by atoms with E-state index in [1.54, 1.807) is 18.0 Å². The summed E-state index contributed by atoms with van der Waals surface area (Å²) < 4.78 is 6.84. The van der Waals surface area contributed by atoms with E-state index in [1.165, 1.54) is 0 Å². The zero-order valence-corrected chi connectivity index (χ0v) is 14.1. The summed E-state index contributed by atoms with van der Waals surface area (Å²) in [6.45, 7) is 0. The van der Waals surface area contributed by atoms with E-state index in [0.717, 1.165) is 27.8 Å². The highest BCUT2D eigenvalue weighted by Gasteiger charge is 2.10. The van der Waals surface area contributed by atoms with Crippen molar-refractivity contribution in [1.29, 1.82) is 0 Å². The van der Waals surface area contributed by atoms with Crippen LogP contribution < -0.4 is 10.2 Å². The number of nitrogens with zero attached hydrogens (tertiary/aromatic N) is 5. The van der Waals surface area contributed by atoms with Gasteiger partial charge in [-0.25, -0.2) is 5.43 Å². The number of hydrogen-bond donors (Lipinski definition) is 1. The Bertz CT molecular complexity index is 1070. The van der Waals surface area contributed by atoms with Gasteiger partial charge in [-0.3, -0.25) is 0 Å². The van der Waals surface area contributed by atoms with Crippen molar-refractivity contribution in [3.05, 3.63) is 72.3 Å². The molecule has 4 rings (SSSR count). The molecule has 128 valence electrons. The zero-order valence-electron chi connectivity index (χ0n) is 14.1. The van der Waals surface area contributed by atoms with Gasteiger partial charge in [0, 0.05) is 5.39 Å². The Balaban J connectivity index is 1.62. The van der Waals surface area contributed by atoms with Crippen LogP contribution in [0.2, 0.25) is 0 Å². The summed E-state index contributed by atoms with van der Waals surface area (Å²) in [7, 11) is 1.63. The summed E-state index contributed by atoms with van der Waals surface area (Å²) in [5.41, 5.74) is 4.68. The van der Waals surface area contributed by atoms with Crippen molar-refractivity contribution in [3.63, 3.8) is 0 Å². The molecule has 1 heterocycles. The first-order valence-corrected chi connectivity index (χ1v) is 8.05. The van der Waals surface area contributed by atoms with Gasteiger partial charge in [0.15, 0.2) is 0 Å². The molecule has 0 fully saturated rings. The Labute approximate surface area is 149 Å². The van der Waals surface area contributed by atoms with Crippen LogP contribution in [-0.4, -0.2) is 33.5 Å². The zero-order chi connectivity index (χ0) is 17.8. The van der Waals surface area contributed by atoms with Crippen LogP contribution in [0.15, 0.2) is 71.8 Å². The first kappa shape index (κ1) is 15.8. The highest BCUT2D eigenvalue weighted by Crippen LogP contribution is 2.23. The van der Waals surface area contributed by atoms with Crippen molar-refractivity contribution in [2.75, 3.05) is 12.5 Å². The first-order chi connectivity index (χ1) is 12.8. The third kappa shape index (κ3) is 3.10. The van der Waals surface area contributed by atoms with Gasteiger partial charge < -0.3 is 4.74 Å². The molecule has 0 aliphatic heterocycles. The third-order valence-corrected chi connectivity index (χ3v) is 3.94. The number of hydrazone groups is 1. The predicted octanol–water partition coefficient (Wildman–Crippen LogP) is 3.27. The lowest BCUT2D eigenvalue weighted by atomic mass is 10.1. The molecule has 3 aromatic carbocycles. The summed E-state index contributed by atoms with van der Waals surface area (Å²) in [5.74, 6) is 1.20. The molecule has 7 heteroatoms. The highest BCUT2D eigenvalue weighted by atomic mass is 16.5. The number of anilines is 1. The SMILES string of the molecule is COc1cccc(/C=N/Nc2nnnn2-c2cccc3ccccc23)c1. The van der Waals surface area contributed by atoms with Crippen molar-refractivity contribution in [2.24, 2.45) is 5.10 Å². The third-order valence-electron chi connectivity index (χ3n) is 3.94. The van der Waals surface area contributed by atoms with Gasteiger partial charge in [-0.2, -0.15) is 9.78 Å². The Morgan fingerprint density at radius 1 is 1.04 bits per heavy atom. The predicted molar refractivity (Wildman–Crippen MR) is 101 cm³/mol. The topological polar surface area (TPSA) is 77.2 Å². The van der Waals surface area contributed by atoms with Crippen LogP contribution in [0.4, 0.5) is 5.95 Å². The largest absolute Gasteiger partial charge is 0.497 e. The Kier molecular flexibility index (Phi) is 4.26. The minimum atomic E-state index is 0.431. The van der Waals surface area contributed by atoms with E-state index in [0.29, 0.717) is 5.95 Å². The number of nitrogens with one attached hydrogen (secondary N) is 1. The van der Waals surface area contributed by atoms with Gasteiger partial charge in [-0.05, 0) is 39.6 Å². The second-order valence-corrected chi connectivity index (χ2v) is 5.56. The van der Waals surface area contributed by atoms with E-state index in [9.17, 15) is 0 Å². The lowest BCUT2D eigenvalue weighted by Crippen LogP contribution is -2.04. The molecule has 1 N–H and O–H groups in total. The van der Waals surface area contributed by atoms with Crippen molar-refractivity contribution in [3.8, 4) is 11.4 Å². The van der Waals surface area contributed by atoms with E-state index in [2.05, 4.69) is 38.2 Å². The molecule has 0 aliphatic carbocycles. The average Bonchev–Trinajstić information content (AvgIpc) is 3.16. The molecule has 4 aromatic rings. The number of ether oxygens (including phenoxy) is 1. The normalized spacial score (nSPS) is 11.1. The first-order valence-electron chi connectivity index (χ1n) is 8.05. The van der Waals surface area contributed by atoms with Crippen LogP contribution in [0.25, 0.3) is 16.5 Å². The van der Waals surface area contributed by atoms with Crippen molar-refractivity contribution in [2.45, 2.75) is 0 Å². The maximum absolute atomic E-state index is 5.21. The van der Waals surface area contributed by atoms with Gasteiger partial charge in [0.2, 0.25) is 0 Å². The van der Waals surface area contributed by atoms with Crippen molar-refractivity contribution < 1.29 is 4.74 Å². The molecular weight excluding hydrogens is 328 g/mol. The fourth-order valence-corrected chi connectivity index (χ4v) is 2.70. The summed E-state index contributed by atoms with van der Waals surface area (Å²) >= 11 is 0. The summed E-state index contributed by atoms with van der Waals surface area (Å²) in [6, 6.07) is 21.7. The lowest BCUT2D eigenvalue weighted by Gasteiger charge is -2.07. The number of hydrogen-bond acceptors (Lipinski definition) is 6. The number of rotatable bonds is 5. The van der Waals surface area contributed by atoms with Gasteiger partial charge in [0.05, 0.1) is 19.0 Å². The van der Waals surface area contributed by atoms with Crippen LogP contribution in [0, 0.1) is 0 Å². The summed E-state index contributed by atoms with van der Waals surface area (Å²) in [5, 5.41) is 18.3. The number of aromatic nitrogens is 4. The number of methoxy groups -OCH3 is 1. The van der Waals surface area contributed by atoms with E-state index in [4.69, 9.17) is 4.74 Å². The van der Waals surface area contributed by atoms with Gasteiger partial charge in [-0.15, -0.1) is 0 Å². The highest BCUT2D eigenvalue weighted by molar-refractivity contribution is 5.90. The fourth-order valence-electron chi connectivity index (χ4n) is 2.70. The Hall–Kier alpha value is -3.74. The van der Waals surface area contributed by atoms with Crippen molar-refractivity contribution >= 4 is 22.9 Å². The summed E-state index contributed by atoms with van der Waals surface area (Å²) in [6.07, 6.45) is 1.69. The molecule has 26 heavy (non-hydrogen) atoms. The second-order valence-electron chi connectivity index (χ2n) is 5.56. The van der Waals surface area contributed by atoms with Crippen LogP contribution in [0.1, 0.15) is 5.56 Å². The molecule has 0 unspecified atom stereocenters. The molecule has 0 bridgehead atoms. The van der Waals surface area contributed by atoms with Gasteiger partial charge in [0.1, 0.15) is 5.75 Å². The smallest absolute Gasteiger partial charge is 0.268 e. The standard InChI is InChI=1S/C19H16N6O/c1-26-16-9-4-6-14(12-16)13-20-21-19-22-23-24-25(19)18-11-5-8-15-7-2-3-10-17(15)18/h2-13H,1H3,(H,21,22,24)/b20-13+. The number of fused-ring (bicyclic) bond motifs is 1. The van der Waals surface area contributed by atoms with Gasteiger partial charge in [0.25, 0.3) is 5.95 Å². The number of benzene rings is 3. The monoisotopic (exact) mass is 344 g/mol. The van der Waals surface area contributed by atoms with Crippen LogP contribution >= 0.6 is 0 Å². The molecule has 0 atom stereocenters.